The fourth-order valence-corrected chi connectivity index (χ4v) is 7.30. The molecule has 1 N–H and O–H groups in total. The number of nitrogens with zero attached hydrogens (tertiary/aromatic N) is 1. The molecule has 2 unspecified atom stereocenters. The van der Waals surface area contributed by atoms with Crippen LogP contribution in [0.2, 0.25) is 0 Å². The predicted octanol–water partition coefficient (Wildman–Crippen LogP) is 14.5. The van der Waals surface area contributed by atoms with E-state index in [0.717, 1.165) is 77.0 Å². The summed E-state index contributed by atoms with van der Waals surface area (Å²) in [6.45, 7) is 4.61. The third kappa shape index (κ3) is 42.3. The number of aliphatic carboxylic acids is 1. The normalized spacial score (nSPS) is 13.4. The average molecular weight is 871 g/mol. The molecule has 0 aliphatic rings. The molecular formula is C54H96NO7+. The van der Waals surface area contributed by atoms with E-state index in [1.807, 2.05) is 21.1 Å². The number of esters is 2. The van der Waals surface area contributed by atoms with Crippen molar-refractivity contribution in [1.82, 2.24) is 0 Å². The van der Waals surface area contributed by atoms with Crippen LogP contribution in [-0.2, 0) is 28.6 Å². The molecule has 0 aromatic carbocycles. The molecule has 0 spiro atoms. The number of carboxylic acids is 1. The van der Waals surface area contributed by atoms with Crippen molar-refractivity contribution in [2.45, 2.75) is 225 Å². The Bertz CT molecular complexity index is 1200. The highest BCUT2D eigenvalue weighted by molar-refractivity contribution is 5.72. The number of hydrogen-bond acceptors (Lipinski definition) is 6. The zero-order chi connectivity index (χ0) is 45.6. The van der Waals surface area contributed by atoms with Crippen molar-refractivity contribution < 1.29 is 38.2 Å². The highest BCUT2D eigenvalue weighted by Crippen LogP contribution is 2.16. The van der Waals surface area contributed by atoms with E-state index in [0.29, 0.717) is 12.8 Å². The molecule has 358 valence electrons. The van der Waals surface area contributed by atoms with E-state index in [-0.39, 0.29) is 42.7 Å². The van der Waals surface area contributed by atoms with Crippen molar-refractivity contribution in [2.75, 3.05) is 41.0 Å². The first-order valence-corrected chi connectivity index (χ1v) is 25.3. The largest absolute Gasteiger partial charge is 0.477 e. The summed E-state index contributed by atoms with van der Waals surface area (Å²) in [4.78, 5) is 37.1. The lowest BCUT2D eigenvalue weighted by Gasteiger charge is -2.31. The van der Waals surface area contributed by atoms with Crippen molar-refractivity contribution in [1.29, 1.82) is 0 Å². The Hall–Kier alpha value is -2.97. The van der Waals surface area contributed by atoms with E-state index in [9.17, 15) is 19.5 Å². The molecule has 8 heteroatoms. The maximum atomic E-state index is 12.8. The van der Waals surface area contributed by atoms with Gasteiger partial charge in [-0.3, -0.25) is 9.59 Å². The summed E-state index contributed by atoms with van der Waals surface area (Å²) < 4.78 is 17.3. The van der Waals surface area contributed by atoms with Crippen LogP contribution in [0.15, 0.2) is 60.8 Å². The third-order valence-electron chi connectivity index (χ3n) is 11.2. The summed E-state index contributed by atoms with van der Waals surface area (Å²) in [5, 5.41) is 9.65. The van der Waals surface area contributed by atoms with Gasteiger partial charge in [-0.1, -0.05) is 197 Å². The van der Waals surface area contributed by atoms with Crippen LogP contribution in [0, 0.1) is 0 Å². The summed E-state index contributed by atoms with van der Waals surface area (Å²) in [6.07, 6.45) is 55.6. The van der Waals surface area contributed by atoms with Gasteiger partial charge in [0.2, 0.25) is 0 Å². The van der Waals surface area contributed by atoms with Gasteiger partial charge in [0.25, 0.3) is 0 Å². The SMILES string of the molecule is CC/C=C\C/C=C\C/C=C\C/C=C\C/C=C\CCCCCC(=O)OC(COCCC(C(=O)O)[N+](C)(C)C)COC(=O)CCCCCCCCCCCCCCCCCCCCC. The molecule has 62 heavy (non-hydrogen) atoms. The molecule has 0 aromatic rings. The van der Waals surface area contributed by atoms with Gasteiger partial charge in [-0.05, 0) is 57.8 Å². The Kier molecular flexibility index (Phi) is 42.5. The molecule has 2 atom stereocenters. The van der Waals surface area contributed by atoms with Crippen LogP contribution in [0.3, 0.4) is 0 Å². The maximum absolute atomic E-state index is 12.8. The molecule has 0 aromatic heterocycles. The lowest BCUT2D eigenvalue weighted by Crippen LogP contribution is -2.50. The van der Waals surface area contributed by atoms with Gasteiger partial charge in [-0.2, -0.15) is 0 Å². The second-order valence-electron chi connectivity index (χ2n) is 18.1. The van der Waals surface area contributed by atoms with Crippen molar-refractivity contribution in [3.8, 4) is 0 Å². The lowest BCUT2D eigenvalue weighted by atomic mass is 10.0. The minimum Gasteiger partial charge on any atom is -0.477 e. The lowest BCUT2D eigenvalue weighted by molar-refractivity contribution is -0.887. The quantitative estimate of drug-likeness (QED) is 0.0282. The second-order valence-corrected chi connectivity index (χ2v) is 18.1. The third-order valence-corrected chi connectivity index (χ3v) is 11.2. The van der Waals surface area contributed by atoms with Gasteiger partial charge < -0.3 is 23.8 Å². The number of carboxylic acid groups (broad SMARTS) is 1. The molecule has 0 saturated heterocycles. The smallest absolute Gasteiger partial charge is 0.362 e. The number of quaternary nitrogens is 1. The molecule has 0 radical (unpaired) electrons. The minimum atomic E-state index is -0.880. The van der Waals surface area contributed by atoms with Gasteiger partial charge >= 0.3 is 17.9 Å². The number of hydrogen-bond donors (Lipinski definition) is 1. The number of unbranched alkanes of at least 4 members (excludes halogenated alkanes) is 21. The highest BCUT2D eigenvalue weighted by atomic mass is 16.6. The number of rotatable bonds is 45. The first kappa shape index (κ1) is 59.0. The number of ether oxygens (including phenoxy) is 3. The van der Waals surface area contributed by atoms with Gasteiger partial charge in [0, 0.05) is 19.3 Å². The maximum Gasteiger partial charge on any atom is 0.362 e. The van der Waals surface area contributed by atoms with E-state index in [1.165, 1.54) is 103 Å². The van der Waals surface area contributed by atoms with Crippen molar-refractivity contribution in [2.24, 2.45) is 0 Å². The molecule has 0 amide bonds. The number of carbonyl (C=O) groups excluding carboxylic acids is 2. The fraction of sp³-hybridized carbons (Fsp3) is 0.759. The molecular weight excluding hydrogens is 775 g/mol. The molecule has 0 aliphatic carbocycles. The van der Waals surface area contributed by atoms with Crippen LogP contribution in [0.25, 0.3) is 0 Å². The van der Waals surface area contributed by atoms with Crippen molar-refractivity contribution in [3.63, 3.8) is 0 Å². The monoisotopic (exact) mass is 871 g/mol. The van der Waals surface area contributed by atoms with Crippen LogP contribution in [0.4, 0.5) is 0 Å². The van der Waals surface area contributed by atoms with E-state index in [4.69, 9.17) is 14.2 Å². The highest BCUT2D eigenvalue weighted by Gasteiger charge is 2.31. The van der Waals surface area contributed by atoms with Crippen LogP contribution in [-0.4, -0.2) is 80.6 Å². The first-order chi connectivity index (χ1) is 30.1. The Labute approximate surface area is 381 Å². The zero-order valence-electron chi connectivity index (χ0n) is 40.8. The number of allylic oxidation sites excluding steroid dienone is 10. The molecule has 0 heterocycles. The molecule has 0 rings (SSSR count). The Balaban J connectivity index is 4.31. The van der Waals surface area contributed by atoms with Crippen molar-refractivity contribution >= 4 is 17.9 Å². The standard InChI is InChI=1S/C54H95NO7/c1-6-8-10-12-14-16-18-20-22-24-26-28-30-32-34-36-38-40-42-44-52(56)61-49-50(48-60-47-46-51(54(58)59)55(3,4)5)62-53(57)45-43-41-39-37-35-33-31-29-27-25-23-21-19-17-15-13-11-9-7-2/h9,11,15,17,21,23,27,29,33,35,50-51H,6-8,10,12-14,16,18-20,22,24-26,28,30-32,34,36-49H2,1-5H3/p+1/b11-9-,17-15-,23-21-,29-27-,35-33-. The second kappa shape index (κ2) is 44.6. The summed E-state index contributed by atoms with van der Waals surface area (Å²) in [5.74, 6) is -1.50. The summed E-state index contributed by atoms with van der Waals surface area (Å²) in [5.41, 5.74) is 0. The zero-order valence-corrected chi connectivity index (χ0v) is 40.8. The number of likely N-dealkylation sites (N-methyl/N-ethyl adjacent to an activating group) is 1. The van der Waals surface area contributed by atoms with Gasteiger partial charge in [-0.15, -0.1) is 0 Å². The molecule has 0 fully saturated rings. The minimum absolute atomic E-state index is 0.0474. The Morgan fingerprint density at radius 1 is 0.500 bits per heavy atom. The van der Waals surface area contributed by atoms with Crippen LogP contribution >= 0.6 is 0 Å². The van der Waals surface area contributed by atoms with Crippen LogP contribution in [0.1, 0.15) is 213 Å². The topological polar surface area (TPSA) is 99.1 Å². The average Bonchev–Trinajstić information content (AvgIpc) is 3.23. The Morgan fingerprint density at radius 2 is 0.903 bits per heavy atom. The van der Waals surface area contributed by atoms with Gasteiger partial charge in [0.1, 0.15) is 6.61 Å². The van der Waals surface area contributed by atoms with Crippen LogP contribution in [0.5, 0.6) is 0 Å². The van der Waals surface area contributed by atoms with E-state index >= 15 is 0 Å². The summed E-state index contributed by atoms with van der Waals surface area (Å²) >= 11 is 0. The number of carbonyl (C=O) groups is 3. The van der Waals surface area contributed by atoms with Gasteiger partial charge in [-0.25, -0.2) is 4.79 Å². The molecule has 0 saturated carbocycles. The van der Waals surface area contributed by atoms with E-state index in [2.05, 4.69) is 74.6 Å². The van der Waals surface area contributed by atoms with E-state index in [1.54, 1.807) is 0 Å². The molecule has 0 aliphatic heterocycles. The van der Waals surface area contributed by atoms with Gasteiger partial charge in [0.05, 0.1) is 34.4 Å². The summed E-state index contributed by atoms with van der Waals surface area (Å²) in [7, 11) is 5.52. The first-order valence-electron chi connectivity index (χ1n) is 25.3. The predicted molar refractivity (Wildman–Crippen MR) is 261 cm³/mol. The fourth-order valence-electron chi connectivity index (χ4n) is 7.30. The van der Waals surface area contributed by atoms with Crippen molar-refractivity contribution in [3.05, 3.63) is 60.8 Å². The molecule has 0 bridgehead atoms. The summed E-state index contributed by atoms with van der Waals surface area (Å²) in [6, 6.07) is -0.623. The van der Waals surface area contributed by atoms with Gasteiger partial charge in [0.15, 0.2) is 12.1 Å². The van der Waals surface area contributed by atoms with Crippen LogP contribution < -0.4 is 0 Å². The Morgan fingerprint density at radius 3 is 1.34 bits per heavy atom. The van der Waals surface area contributed by atoms with E-state index < -0.39 is 18.1 Å². The molecule has 8 nitrogen and oxygen atoms in total.